The average molecular weight is 161 g/mol. The minimum absolute atomic E-state index is 0.832. The zero-order chi connectivity index (χ0) is 7.82. The van der Waals surface area contributed by atoms with Crippen molar-refractivity contribution in [3.8, 4) is 0 Å². The molecule has 0 aliphatic heterocycles. The van der Waals surface area contributed by atoms with Gasteiger partial charge in [0.05, 0.1) is 0 Å². The highest BCUT2D eigenvalue weighted by Gasteiger charge is 1.96. The molecular formula is C8H19NS. The van der Waals surface area contributed by atoms with Gasteiger partial charge in [-0.3, -0.25) is 0 Å². The molecule has 1 nitrogen and oxygen atoms in total. The van der Waals surface area contributed by atoms with Gasteiger partial charge in [-0.2, -0.15) is 11.8 Å². The first-order valence-electron chi connectivity index (χ1n) is 4.13. The van der Waals surface area contributed by atoms with Crippen molar-refractivity contribution in [2.24, 2.45) is 0 Å². The van der Waals surface area contributed by atoms with Crippen LogP contribution in [-0.4, -0.2) is 24.1 Å². The van der Waals surface area contributed by atoms with Crippen LogP contribution in [0, 0.1) is 0 Å². The largest absolute Gasteiger partial charge is 0.316 e. The first-order chi connectivity index (χ1) is 4.81. The van der Waals surface area contributed by atoms with E-state index in [1.165, 1.54) is 12.2 Å². The van der Waals surface area contributed by atoms with Crippen molar-refractivity contribution in [3.63, 3.8) is 0 Å². The molecule has 0 amide bonds. The third kappa shape index (κ3) is 6.43. The summed E-state index contributed by atoms with van der Waals surface area (Å²) in [7, 11) is 0. The number of hydrogen-bond acceptors (Lipinski definition) is 2. The van der Waals surface area contributed by atoms with Crippen LogP contribution in [0.3, 0.4) is 0 Å². The molecule has 0 bridgehead atoms. The van der Waals surface area contributed by atoms with E-state index in [9.17, 15) is 0 Å². The van der Waals surface area contributed by atoms with Crippen LogP contribution in [0.2, 0.25) is 0 Å². The summed E-state index contributed by atoms with van der Waals surface area (Å²) in [6, 6.07) is 0. The van der Waals surface area contributed by atoms with Gasteiger partial charge in [0.15, 0.2) is 0 Å². The molecule has 0 saturated heterocycles. The quantitative estimate of drug-likeness (QED) is 0.599. The Bertz CT molecular complexity index is 66.3. The van der Waals surface area contributed by atoms with Crippen molar-refractivity contribution in [1.82, 2.24) is 5.32 Å². The van der Waals surface area contributed by atoms with Crippen LogP contribution in [0.5, 0.6) is 0 Å². The molecule has 62 valence electrons. The second-order valence-electron chi connectivity index (χ2n) is 2.44. The predicted octanol–water partition coefficient (Wildman–Crippen LogP) is 2.13. The van der Waals surface area contributed by atoms with Crippen molar-refractivity contribution in [2.45, 2.75) is 32.4 Å². The van der Waals surface area contributed by atoms with Crippen LogP contribution >= 0.6 is 11.8 Å². The fraction of sp³-hybridized carbons (Fsp3) is 1.00. The summed E-state index contributed by atoms with van der Waals surface area (Å²) in [5, 5.41) is 4.14. The molecule has 0 fully saturated rings. The first kappa shape index (κ1) is 10.3. The van der Waals surface area contributed by atoms with Gasteiger partial charge in [0, 0.05) is 17.5 Å². The van der Waals surface area contributed by atoms with Gasteiger partial charge in [-0.15, -0.1) is 0 Å². The molecule has 0 heterocycles. The highest BCUT2D eigenvalue weighted by Crippen LogP contribution is 2.11. The average Bonchev–Trinajstić information content (AvgIpc) is 1.98. The van der Waals surface area contributed by atoms with Crippen molar-refractivity contribution in [2.75, 3.05) is 18.8 Å². The van der Waals surface area contributed by atoms with E-state index in [1.54, 1.807) is 0 Å². The minimum Gasteiger partial charge on any atom is -0.316 e. The van der Waals surface area contributed by atoms with Crippen LogP contribution in [0.4, 0.5) is 0 Å². The Balaban J connectivity index is 2.89. The molecule has 10 heavy (non-hydrogen) atoms. The Morgan fingerprint density at radius 3 is 2.60 bits per heavy atom. The first-order valence-corrected chi connectivity index (χ1v) is 5.18. The highest BCUT2D eigenvalue weighted by molar-refractivity contribution is 7.99. The number of hydrogen-bond donors (Lipinski definition) is 1. The summed E-state index contributed by atoms with van der Waals surface area (Å²) in [6.07, 6.45) is 1.29. The van der Waals surface area contributed by atoms with Crippen molar-refractivity contribution in [1.29, 1.82) is 0 Å². The van der Waals surface area contributed by atoms with Crippen LogP contribution < -0.4 is 5.32 Å². The molecule has 0 rings (SSSR count). The van der Waals surface area contributed by atoms with Gasteiger partial charge in [0.25, 0.3) is 0 Å². The van der Waals surface area contributed by atoms with Crippen LogP contribution in [0.1, 0.15) is 27.2 Å². The topological polar surface area (TPSA) is 12.0 Å². The number of rotatable bonds is 6. The van der Waals surface area contributed by atoms with Gasteiger partial charge >= 0.3 is 0 Å². The monoisotopic (exact) mass is 161 g/mol. The second kappa shape index (κ2) is 7.42. The summed E-state index contributed by atoms with van der Waals surface area (Å²) in [5.41, 5.74) is 0. The van der Waals surface area contributed by atoms with Crippen molar-refractivity contribution < 1.29 is 0 Å². The van der Waals surface area contributed by atoms with Crippen LogP contribution in [0.25, 0.3) is 0 Å². The predicted molar refractivity (Wildman–Crippen MR) is 50.8 cm³/mol. The molecule has 2 heteroatoms. The number of thioether (sulfide) groups is 1. The fourth-order valence-corrected chi connectivity index (χ4v) is 1.53. The molecule has 0 aromatic heterocycles. The summed E-state index contributed by atoms with van der Waals surface area (Å²) in [4.78, 5) is 0. The van der Waals surface area contributed by atoms with E-state index in [2.05, 4.69) is 37.8 Å². The molecule has 0 aromatic carbocycles. The van der Waals surface area contributed by atoms with Gasteiger partial charge in [0.2, 0.25) is 0 Å². The Morgan fingerprint density at radius 1 is 1.40 bits per heavy atom. The third-order valence-electron chi connectivity index (χ3n) is 1.51. The standard InChI is InChI=1S/C8H19NS/c1-4-8(3)10-7-6-9-5-2/h8-9H,4-7H2,1-3H3. The molecule has 0 spiro atoms. The van der Waals surface area contributed by atoms with Crippen molar-refractivity contribution >= 4 is 11.8 Å². The summed E-state index contributed by atoms with van der Waals surface area (Å²) >= 11 is 2.05. The smallest absolute Gasteiger partial charge is 0.00607 e. The van der Waals surface area contributed by atoms with E-state index in [0.717, 1.165) is 18.3 Å². The molecule has 1 unspecified atom stereocenters. The van der Waals surface area contributed by atoms with Gasteiger partial charge in [-0.25, -0.2) is 0 Å². The Labute approximate surface area is 69.0 Å². The molecule has 0 saturated carbocycles. The lowest BCUT2D eigenvalue weighted by atomic mass is 10.4. The molecule has 1 atom stereocenters. The third-order valence-corrected chi connectivity index (χ3v) is 2.85. The summed E-state index contributed by atoms with van der Waals surface area (Å²) in [5.74, 6) is 1.25. The summed E-state index contributed by atoms with van der Waals surface area (Å²) in [6.45, 7) is 8.93. The Hall–Kier alpha value is 0.310. The second-order valence-corrected chi connectivity index (χ2v) is 3.99. The lowest BCUT2D eigenvalue weighted by Crippen LogP contribution is -2.16. The Morgan fingerprint density at radius 2 is 2.10 bits per heavy atom. The van der Waals surface area contributed by atoms with Gasteiger partial charge in [-0.1, -0.05) is 20.8 Å². The molecule has 0 aromatic rings. The SMILES string of the molecule is CCNCCSC(C)CC. The minimum atomic E-state index is 0.832. The van der Waals surface area contributed by atoms with E-state index in [0.29, 0.717) is 0 Å². The lowest BCUT2D eigenvalue weighted by Gasteiger charge is -2.07. The molecule has 0 aliphatic rings. The van der Waals surface area contributed by atoms with Crippen LogP contribution in [-0.2, 0) is 0 Å². The van der Waals surface area contributed by atoms with E-state index in [-0.39, 0.29) is 0 Å². The molecule has 0 radical (unpaired) electrons. The molecule has 1 N–H and O–H groups in total. The number of nitrogens with one attached hydrogen (secondary N) is 1. The molecular weight excluding hydrogens is 142 g/mol. The van der Waals surface area contributed by atoms with Gasteiger partial charge in [0.1, 0.15) is 0 Å². The molecule has 0 aliphatic carbocycles. The highest BCUT2D eigenvalue weighted by atomic mass is 32.2. The zero-order valence-electron chi connectivity index (χ0n) is 7.31. The normalized spacial score (nSPS) is 13.5. The van der Waals surface area contributed by atoms with Gasteiger partial charge < -0.3 is 5.32 Å². The van der Waals surface area contributed by atoms with E-state index in [1.807, 2.05) is 0 Å². The summed E-state index contributed by atoms with van der Waals surface area (Å²) < 4.78 is 0. The lowest BCUT2D eigenvalue weighted by molar-refractivity contribution is 0.766. The van der Waals surface area contributed by atoms with E-state index in [4.69, 9.17) is 0 Å². The van der Waals surface area contributed by atoms with E-state index < -0.39 is 0 Å². The maximum atomic E-state index is 3.31. The van der Waals surface area contributed by atoms with Crippen LogP contribution in [0.15, 0.2) is 0 Å². The fourth-order valence-electron chi connectivity index (χ4n) is 0.627. The van der Waals surface area contributed by atoms with E-state index >= 15 is 0 Å². The maximum absolute atomic E-state index is 3.31. The van der Waals surface area contributed by atoms with Gasteiger partial charge in [-0.05, 0) is 13.0 Å². The zero-order valence-corrected chi connectivity index (χ0v) is 8.13. The Kier molecular flexibility index (Phi) is 7.65. The van der Waals surface area contributed by atoms with Crippen molar-refractivity contribution in [3.05, 3.63) is 0 Å². The maximum Gasteiger partial charge on any atom is 0.00607 e.